The fraction of sp³-hybridized carbons (Fsp3) is 0.238. The molecular formula is C21H24O. The van der Waals surface area contributed by atoms with Gasteiger partial charge >= 0.3 is 0 Å². The first kappa shape index (κ1) is 16.3. The summed E-state index contributed by atoms with van der Waals surface area (Å²) in [5.41, 5.74) is 5.13. The minimum Gasteiger partial charge on any atom is -0.373 e. The zero-order valence-corrected chi connectivity index (χ0v) is 13.3. The molecule has 0 unspecified atom stereocenters. The predicted octanol–water partition coefficient (Wildman–Crippen LogP) is 5.21. The van der Waals surface area contributed by atoms with E-state index in [1.807, 2.05) is 25.2 Å². The van der Waals surface area contributed by atoms with Gasteiger partial charge in [-0.05, 0) is 42.0 Å². The lowest BCUT2D eigenvalue weighted by Gasteiger charge is -2.05. The van der Waals surface area contributed by atoms with Crippen LogP contribution in [0.5, 0.6) is 0 Å². The molecule has 0 spiro atoms. The fourth-order valence-corrected chi connectivity index (χ4v) is 2.25. The van der Waals surface area contributed by atoms with Gasteiger partial charge < -0.3 is 4.74 Å². The quantitative estimate of drug-likeness (QED) is 0.479. The summed E-state index contributed by atoms with van der Waals surface area (Å²) in [6.45, 7) is 7.14. The minimum absolute atomic E-state index is 0.674. The normalized spacial score (nSPS) is 11.0. The van der Waals surface area contributed by atoms with Gasteiger partial charge in [0, 0.05) is 0 Å². The summed E-state index contributed by atoms with van der Waals surface area (Å²) in [7, 11) is 0. The molecule has 0 bridgehead atoms. The second-order valence-corrected chi connectivity index (χ2v) is 5.35. The molecule has 0 heterocycles. The van der Waals surface area contributed by atoms with Crippen LogP contribution in [-0.4, -0.2) is 6.61 Å². The molecule has 114 valence electrons. The van der Waals surface area contributed by atoms with E-state index in [0.717, 1.165) is 12.8 Å². The Morgan fingerprint density at radius 3 is 1.95 bits per heavy atom. The molecule has 2 aromatic carbocycles. The standard InChI is InChI=1S/C21H24O/c1-3-5-16-22-17-21-14-12-20(13-15-21)11-10-19-8-6-18(4-2)7-9-19/h3-9,12-15H,2,10-11,16-17H2,1H3. The number of hydrogen-bond acceptors (Lipinski definition) is 1. The largest absolute Gasteiger partial charge is 0.373 e. The third-order valence-corrected chi connectivity index (χ3v) is 3.66. The van der Waals surface area contributed by atoms with Crippen molar-refractivity contribution in [2.24, 2.45) is 0 Å². The molecule has 22 heavy (non-hydrogen) atoms. The highest BCUT2D eigenvalue weighted by molar-refractivity contribution is 5.47. The molecule has 0 aromatic heterocycles. The van der Waals surface area contributed by atoms with Crippen molar-refractivity contribution in [3.8, 4) is 0 Å². The fourth-order valence-electron chi connectivity index (χ4n) is 2.25. The molecule has 0 N–H and O–H groups in total. The van der Waals surface area contributed by atoms with Crippen LogP contribution in [0.1, 0.15) is 29.2 Å². The predicted molar refractivity (Wildman–Crippen MR) is 94.9 cm³/mol. The van der Waals surface area contributed by atoms with Gasteiger partial charge in [0.1, 0.15) is 0 Å². The Morgan fingerprint density at radius 2 is 1.41 bits per heavy atom. The molecule has 0 saturated carbocycles. The van der Waals surface area contributed by atoms with Gasteiger partial charge in [-0.15, -0.1) is 0 Å². The zero-order chi connectivity index (χ0) is 15.6. The van der Waals surface area contributed by atoms with Gasteiger partial charge in [-0.25, -0.2) is 0 Å². The van der Waals surface area contributed by atoms with E-state index in [2.05, 4.69) is 55.1 Å². The van der Waals surface area contributed by atoms with E-state index in [1.165, 1.54) is 22.3 Å². The molecule has 0 fully saturated rings. The zero-order valence-electron chi connectivity index (χ0n) is 13.3. The molecule has 0 saturated heterocycles. The first-order chi connectivity index (χ1) is 10.8. The maximum Gasteiger partial charge on any atom is 0.0721 e. The molecular weight excluding hydrogens is 268 g/mol. The lowest BCUT2D eigenvalue weighted by molar-refractivity contribution is 0.148. The summed E-state index contributed by atoms with van der Waals surface area (Å²) >= 11 is 0. The maximum absolute atomic E-state index is 5.56. The summed E-state index contributed by atoms with van der Waals surface area (Å²) in [4.78, 5) is 0. The highest BCUT2D eigenvalue weighted by atomic mass is 16.5. The van der Waals surface area contributed by atoms with Crippen molar-refractivity contribution in [2.75, 3.05) is 6.61 Å². The van der Waals surface area contributed by atoms with Crippen LogP contribution in [0, 0.1) is 0 Å². The lowest BCUT2D eigenvalue weighted by Crippen LogP contribution is -1.95. The number of allylic oxidation sites excluding steroid dienone is 1. The molecule has 0 atom stereocenters. The van der Waals surface area contributed by atoms with Crippen molar-refractivity contribution in [2.45, 2.75) is 26.4 Å². The van der Waals surface area contributed by atoms with Crippen LogP contribution in [0.3, 0.4) is 0 Å². The van der Waals surface area contributed by atoms with Crippen molar-refractivity contribution in [1.29, 1.82) is 0 Å². The van der Waals surface area contributed by atoms with Crippen molar-refractivity contribution in [3.05, 3.63) is 89.5 Å². The number of aryl methyl sites for hydroxylation is 2. The average molecular weight is 292 g/mol. The molecule has 0 amide bonds. The molecule has 1 nitrogen and oxygen atoms in total. The van der Waals surface area contributed by atoms with Gasteiger partial charge in [0.2, 0.25) is 0 Å². The molecule has 0 aliphatic heterocycles. The average Bonchev–Trinajstić information content (AvgIpc) is 2.58. The highest BCUT2D eigenvalue weighted by Gasteiger charge is 1.98. The molecule has 0 aliphatic carbocycles. The number of ether oxygens (including phenoxy) is 1. The molecule has 2 aromatic rings. The van der Waals surface area contributed by atoms with Crippen LogP contribution in [0.2, 0.25) is 0 Å². The summed E-state index contributed by atoms with van der Waals surface area (Å²) in [5, 5.41) is 0. The van der Waals surface area contributed by atoms with E-state index in [4.69, 9.17) is 4.74 Å². The van der Waals surface area contributed by atoms with Crippen molar-refractivity contribution < 1.29 is 4.74 Å². The monoisotopic (exact) mass is 292 g/mol. The Bertz CT molecular complexity index is 591. The summed E-state index contributed by atoms with van der Waals surface area (Å²) < 4.78 is 5.56. The van der Waals surface area contributed by atoms with Gasteiger partial charge in [-0.3, -0.25) is 0 Å². The van der Waals surface area contributed by atoms with E-state index in [9.17, 15) is 0 Å². The Balaban J connectivity index is 1.81. The van der Waals surface area contributed by atoms with Crippen LogP contribution in [0.25, 0.3) is 6.08 Å². The SMILES string of the molecule is C=Cc1ccc(CCc2ccc(COCC=CC)cc2)cc1. The number of rotatable bonds is 8. The summed E-state index contributed by atoms with van der Waals surface area (Å²) in [6.07, 6.45) is 8.03. The second kappa shape index (κ2) is 9.01. The van der Waals surface area contributed by atoms with Crippen LogP contribution in [0.15, 0.2) is 67.3 Å². The van der Waals surface area contributed by atoms with E-state index < -0.39 is 0 Å². The lowest BCUT2D eigenvalue weighted by atomic mass is 10.0. The van der Waals surface area contributed by atoms with Gasteiger partial charge in [0.25, 0.3) is 0 Å². The van der Waals surface area contributed by atoms with E-state index in [0.29, 0.717) is 13.2 Å². The summed E-state index contributed by atoms with van der Waals surface area (Å²) in [5.74, 6) is 0. The van der Waals surface area contributed by atoms with E-state index in [-0.39, 0.29) is 0 Å². The Kier molecular flexibility index (Phi) is 6.66. The number of benzene rings is 2. The third-order valence-electron chi connectivity index (χ3n) is 3.66. The Labute approximate surface area is 134 Å². The molecule has 1 heteroatoms. The van der Waals surface area contributed by atoms with E-state index >= 15 is 0 Å². The third kappa shape index (κ3) is 5.34. The first-order valence-corrected chi connectivity index (χ1v) is 7.80. The van der Waals surface area contributed by atoms with Gasteiger partial charge in [0.15, 0.2) is 0 Å². The first-order valence-electron chi connectivity index (χ1n) is 7.80. The molecule has 0 radical (unpaired) electrons. The van der Waals surface area contributed by atoms with Gasteiger partial charge in [0.05, 0.1) is 13.2 Å². The van der Waals surface area contributed by atoms with Crippen LogP contribution in [-0.2, 0) is 24.2 Å². The summed E-state index contributed by atoms with van der Waals surface area (Å²) in [6, 6.07) is 17.3. The maximum atomic E-state index is 5.56. The van der Waals surface area contributed by atoms with Crippen LogP contribution >= 0.6 is 0 Å². The highest BCUT2D eigenvalue weighted by Crippen LogP contribution is 2.11. The number of hydrogen-bond donors (Lipinski definition) is 0. The van der Waals surface area contributed by atoms with Crippen molar-refractivity contribution >= 4 is 6.08 Å². The Morgan fingerprint density at radius 1 is 0.864 bits per heavy atom. The topological polar surface area (TPSA) is 9.23 Å². The Hall–Kier alpha value is -2.12. The van der Waals surface area contributed by atoms with Gasteiger partial charge in [-0.1, -0.05) is 73.3 Å². The van der Waals surface area contributed by atoms with Crippen LogP contribution < -0.4 is 0 Å². The smallest absolute Gasteiger partial charge is 0.0721 e. The van der Waals surface area contributed by atoms with Crippen molar-refractivity contribution in [1.82, 2.24) is 0 Å². The minimum atomic E-state index is 0.674. The van der Waals surface area contributed by atoms with Crippen molar-refractivity contribution in [3.63, 3.8) is 0 Å². The van der Waals surface area contributed by atoms with E-state index in [1.54, 1.807) is 0 Å². The van der Waals surface area contributed by atoms with Gasteiger partial charge in [-0.2, -0.15) is 0 Å². The molecule has 0 aliphatic rings. The molecule has 2 rings (SSSR count). The second-order valence-electron chi connectivity index (χ2n) is 5.35. The van der Waals surface area contributed by atoms with Crippen LogP contribution in [0.4, 0.5) is 0 Å².